The number of carbonyl (C=O) groups is 1. The summed E-state index contributed by atoms with van der Waals surface area (Å²) in [5.41, 5.74) is 4.00. The lowest BCUT2D eigenvalue weighted by molar-refractivity contribution is 0.0903. The van der Waals surface area contributed by atoms with Crippen LogP contribution >= 0.6 is 0 Å². The van der Waals surface area contributed by atoms with E-state index in [2.05, 4.69) is 48.0 Å². The van der Waals surface area contributed by atoms with Gasteiger partial charge in [0, 0.05) is 55.6 Å². The first-order valence-electron chi connectivity index (χ1n) is 12.1. The van der Waals surface area contributed by atoms with Crippen molar-refractivity contribution in [3.63, 3.8) is 0 Å². The number of benzene rings is 3. The van der Waals surface area contributed by atoms with Gasteiger partial charge in [-0.15, -0.1) is 0 Å². The summed E-state index contributed by atoms with van der Waals surface area (Å²) in [5.74, 6) is 0.600. The predicted molar refractivity (Wildman–Crippen MR) is 139 cm³/mol. The monoisotopic (exact) mass is 457 g/mol. The van der Waals surface area contributed by atoms with Crippen molar-refractivity contribution in [1.82, 2.24) is 10.2 Å². The van der Waals surface area contributed by atoms with E-state index in [0.717, 1.165) is 43.0 Å². The number of anilines is 1. The lowest BCUT2D eigenvalue weighted by Gasteiger charge is -2.42. The van der Waals surface area contributed by atoms with Gasteiger partial charge in [-0.1, -0.05) is 62.4 Å². The second kappa shape index (κ2) is 10.7. The Hall–Kier alpha value is -3.31. The van der Waals surface area contributed by atoms with Gasteiger partial charge < -0.3 is 15.3 Å². The maximum atomic E-state index is 13.0. The fourth-order valence-electron chi connectivity index (χ4n) is 4.65. The van der Waals surface area contributed by atoms with Crippen LogP contribution in [0.5, 0.6) is 5.75 Å². The van der Waals surface area contributed by atoms with Gasteiger partial charge in [0.25, 0.3) is 5.91 Å². The summed E-state index contributed by atoms with van der Waals surface area (Å²) in [6, 6.07) is 25.9. The average molecular weight is 458 g/mol. The van der Waals surface area contributed by atoms with Gasteiger partial charge in [-0.05, 0) is 48.2 Å². The minimum absolute atomic E-state index is 0.0234. The second-order valence-corrected chi connectivity index (χ2v) is 9.59. The van der Waals surface area contributed by atoms with Crippen LogP contribution < -0.4 is 10.2 Å². The van der Waals surface area contributed by atoms with Crippen LogP contribution in [-0.4, -0.2) is 54.2 Å². The molecule has 34 heavy (non-hydrogen) atoms. The summed E-state index contributed by atoms with van der Waals surface area (Å²) in [7, 11) is 0. The summed E-state index contributed by atoms with van der Waals surface area (Å²) in [6.07, 6.45) is 0. The van der Waals surface area contributed by atoms with Crippen LogP contribution in [-0.2, 0) is 0 Å². The molecule has 5 nitrogen and oxygen atoms in total. The Labute approximate surface area is 203 Å². The standard InChI is InChI=1S/C29H35N3O2/c1-21(2)28(20-31-16-17-32(22(3)19-31)26-10-7-11-27(33)18-26)30-29(34)25-14-12-24(13-15-25)23-8-5-4-6-9-23/h4-15,18,21-22,28,33H,16-17,19-20H2,1-3H3,(H,30,34)/t22-,28+/m0/s1. The van der Waals surface area contributed by atoms with Gasteiger partial charge in [-0.25, -0.2) is 0 Å². The van der Waals surface area contributed by atoms with Crippen LogP contribution in [0.15, 0.2) is 78.9 Å². The van der Waals surface area contributed by atoms with Gasteiger partial charge in [0.15, 0.2) is 0 Å². The molecule has 2 N–H and O–H groups in total. The first-order chi connectivity index (χ1) is 16.4. The molecule has 0 aromatic heterocycles. The van der Waals surface area contributed by atoms with Gasteiger partial charge >= 0.3 is 0 Å². The van der Waals surface area contributed by atoms with E-state index in [1.54, 1.807) is 6.07 Å². The molecule has 0 saturated carbocycles. The topological polar surface area (TPSA) is 55.8 Å². The van der Waals surface area contributed by atoms with E-state index in [0.29, 0.717) is 23.3 Å². The van der Waals surface area contributed by atoms with E-state index in [4.69, 9.17) is 0 Å². The van der Waals surface area contributed by atoms with Crippen molar-refractivity contribution in [3.05, 3.63) is 84.4 Å². The third-order valence-electron chi connectivity index (χ3n) is 6.70. The highest BCUT2D eigenvalue weighted by Crippen LogP contribution is 2.25. The molecule has 3 aromatic carbocycles. The molecule has 0 unspecified atom stereocenters. The molecule has 0 bridgehead atoms. The highest BCUT2D eigenvalue weighted by Gasteiger charge is 2.27. The normalized spacial score (nSPS) is 17.5. The van der Waals surface area contributed by atoms with Gasteiger partial charge in [0.05, 0.1) is 0 Å². The van der Waals surface area contributed by atoms with Crippen molar-refractivity contribution in [1.29, 1.82) is 0 Å². The molecule has 5 heteroatoms. The first kappa shape index (κ1) is 23.8. The Morgan fingerprint density at radius 2 is 1.68 bits per heavy atom. The molecule has 2 atom stereocenters. The molecule has 0 spiro atoms. The number of hydrogen-bond acceptors (Lipinski definition) is 4. The Kier molecular flexibility index (Phi) is 7.53. The number of carbonyl (C=O) groups excluding carboxylic acids is 1. The minimum Gasteiger partial charge on any atom is -0.508 e. The van der Waals surface area contributed by atoms with Crippen molar-refractivity contribution in [2.75, 3.05) is 31.1 Å². The Morgan fingerprint density at radius 3 is 2.32 bits per heavy atom. The van der Waals surface area contributed by atoms with Crippen LogP contribution in [0.25, 0.3) is 11.1 Å². The first-order valence-corrected chi connectivity index (χ1v) is 12.1. The van der Waals surface area contributed by atoms with Crippen LogP contribution in [0.2, 0.25) is 0 Å². The molecule has 1 fully saturated rings. The van der Waals surface area contributed by atoms with E-state index >= 15 is 0 Å². The molecule has 3 aromatic rings. The van der Waals surface area contributed by atoms with E-state index < -0.39 is 0 Å². The zero-order chi connectivity index (χ0) is 24.1. The third-order valence-corrected chi connectivity index (χ3v) is 6.70. The van der Waals surface area contributed by atoms with E-state index in [9.17, 15) is 9.90 Å². The van der Waals surface area contributed by atoms with E-state index in [1.165, 1.54) is 0 Å². The number of phenolic OH excluding ortho intramolecular Hbond substituents is 1. The number of nitrogens with zero attached hydrogens (tertiary/aromatic N) is 2. The smallest absolute Gasteiger partial charge is 0.251 e. The van der Waals surface area contributed by atoms with Crippen molar-refractivity contribution in [2.45, 2.75) is 32.9 Å². The summed E-state index contributed by atoms with van der Waals surface area (Å²) >= 11 is 0. The molecule has 178 valence electrons. The molecule has 0 radical (unpaired) electrons. The second-order valence-electron chi connectivity index (χ2n) is 9.59. The fraction of sp³-hybridized carbons (Fsp3) is 0.345. The number of phenols is 1. The SMILES string of the molecule is CC(C)[C@@H](CN1CCN(c2cccc(O)c2)[C@@H](C)C1)NC(=O)c1ccc(-c2ccccc2)cc1. The van der Waals surface area contributed by atoms with Gasteiger partial charge in [0.1, 0.15) is 5.75 Å². The van der Waals surface area contributed by atoms with Crippen molar-refractivity contribution < 1.29 is 9.90 Å². The Bertz CT molecular complexity index is 1080. The number of aromatic hydroxyl groups is 1. The lowest BCUT2D eigenvalue weighted by atomic mass is 10.0. The highest BCUT2D eigenvalue weighted by atomic mass is 16.3. The van der Waals surface area contributed by atoms with Crippen LogP contribution in [0.1, 0.15) is 31.1 Å². The number of amides is 1. The molecule has 1 aliphatic rings. The molecular formula is C29H35N3O2. The number of rotatable bonds is 7. The number of piperazine rings is 1. The fourth-order valence-corrected chi connectivity index (χ4v) is 4.65. The third kappa shape index (κ3) is 5.78. The van der Waals surface area contributed by atoms with Crippen molar-refractivity contribution in [2.24, 2.45) is 5.92 Å². The van der Waals surface area contributed by atoms with E-state index in [-0.39, 0.29) is 11.9 Å². The molecule has 0 aliphatic carbocycles. The summed E-state index contributed by atoms with van der Waals surface area (Å²) < 4.78 is 0. The molecule has 1 heterocycles. The minimum atomic E-state index is -0.0234. The van der Waals surface area contributed by atoms with Gasteiger partial charge in [-0.3, -0.25) is 9.69 Å². The summed E-state index contributed by atoms with van der Waals surface area (Å²) in [6.45, 7) is 10.1. The lowest BCUT2D eigenvalue weighted by Crippen LogP contribution is -2.56. The molecule has 4 rings (SSSR count). The van der Waals surface area contributed by atoms with Crippen molar-refractivity contribution in [3.8, 4) is 16.9 Å². The molecular weight excluding hydrogens is 422 g/mol. The molecule has 1 amide bonds. The largest absolute Gasteiger partial charge is 0.508 e. The van der Waals surface area contributed by atoms with Crippen molar-refractivity contribution >= 4 is 11.6 Å². The Morgan fingerprint density at radius 1 is 0.971 bits per heavy atom. The van der Waals surface area contributed by atoms with Gasteiger partial charge in [0.2, 0.25) is 0 Å². The maximum Gasteiger partial charge on any atom is 0.251 e. The Balaban J connectivity index is 1.36. The number of hydrogen-bond donors (Lipinski definition) is 2. The number of nitrogens with one attached hydrogen (secondary N) is 1. The van der Waals surface area contributed by atoms with Crippen LogP contribution in [0.3, 0.4) is 0 Å². The summed E-state index contributed by atoms with van der Waals surface area (Å²) in [4.78, 5) is 17.8. The predicted octanol–water partition coefficient (Wildman–Crippen LogP) is 5.02. The van der Waals surface area contributed by atoms with Crippen LogP contribution in [0, 0.1) is 5.92 Å². The maximum absolute atomic E-state index is 13.0. The zero-order valence-electron chi connectivity index (χ0n) is 20.3. The van der Waals surface area contributed by atoms with Gasteiger partial charge in [-0.2, -0.15) is 0 Å². The molecule has 1 saturated heterocycles. The zero-order valence-corrected chi connectivity index (χ0v) is 20.3. The highest BCUT2D eigenvalue weighted by molar-refractivity contribution is 5.94. The summed E-state index contributed by atoms with van der Waals surface area (Å²) in [5, 5.41) is 13.1. The van der Waals surface area contributed by atoms with Crippen LogP contribution in [0.4, 0.5) is 5.69 Å². The molecule has 1 aliphatic heterocycles. The average Bonchev–Trinajstić information content (AvgIpc) is 2.84. The van der Waals surface area contributed by atoms with E-state index in [1.807, 2.05) is 60.7 Å². The quantitative estimate of drug-likeness (QED) is 0.523.